The molecule has 0 aliphatic rings. The Balaban J connectivity index is 1.89. The molecule has 3 rings (SSSR count). The van der Waals surface area contributed by atoms with Crippen LogP contribution in [0.3, 0.4) is 0 Å². The van der Waals surface area contributed by atoms with Gasteiger partial charge in [-0.05, 0) is 35.3 Å². The summed E-state index contributed by atoms with van der Waals surface area (Å²) in [7, 11) is 4.67. The summed E-state index contributed by atoms with van der Waals surface area (Å²) in [5.74, 6) is 2.72. The van der Waals surface area contributed by atoms with Crippen LogP contribution in [-0.2, 0) is 0 Å². The van der Waals surface area contributed by atoms with E-state index in [2.05, 4.69) is 36.1 Å². The van der Waals surface area contributed by atoms with E-state index in [9.17, 15) is 0 Å². The summed E-state index contributed by atoms with van der Waals surface area (Å²) in [4.78, 5) is 4.40. The molecule has 1 heterocycles. The van der Waals surface area contributed by atoms with E-state index in [0.29, 0.717) is 34.0 Å². The highest BCUT2D eigenvalue weighted by atomic mass is 35.5. The van der Waals surface area contributed by atoms with Crippen molar-refractivity contribution in [2.75, 3.05) is 21.3 Å². The van der Waals surface area contributed by atoms with E-state index in [0.717, 1.165) is 11.1 Å². The van der Waals surface area contributed by atoms with Gasteiger partial charge < -0.3 is 18.7 Å². The Kier molecular flexibility index (Phi) is 6.44. The molecule has 0 radical (unpaired) electrons. The van der Waals surface area contributed by atoms with Crippen LogP contribution in [0.25, 0.3) is 22.5 Å². The largest absolute Gasteiger partial charge is 0.493 e. The summed E-state index contributed by atoms with van der Waals surface area (Å²) in [5, 5.41) is 4.34. The zero-order valence-corrected chi connectivity index (χ0v) is 17.8. The fourth-order valence-corrected chi connectivity index (χ4v) is 3.05. The van der Waals surface area contributed by atoms with Crippen LogP contribution in [0.4, 0.5) is 0 Å². The second-order valence-corrected chi connectivity index (χ2v) is 7.06. The zero-order valence-electron chi connectivity index (χ0n) is 17.0. The number of rotatable bonds is 7. The molecule has 0 unspecified atom stereocenters. The molecule has 3 aromatic rings. The van der Waals surface area contributed by atoms with E-state index >= 15 is 0 Å². The van der Waals surface area contributed by atoms with Gasteiger partial charge in [-0.3, -0.25) is 0 Å². The van der Waals surface area contributed by atoms with Crippen LogP contribution >= 0.6 is 11.6 Å². The average molecular weight is 415 g/mol. The van der Waals surface area contributed by atoms with E-state index in [4.69, 9.17) is 30.3 Å². The third-order valence-electron chi connectivity index (χ3n) is 4.45. The van der Waals surface area contributed by atoms with Crippen LogP contribution < -0.4 is 14.2 Å². The smallest absolute Gasteiger partial charge is 0.269 e. The van der Waals surface area contributed by atoms with E-state index < -0.39 is 0 Å². The number of hydrogen-bond acceptors (Lipinski definition) is 6. The number of benzene rings is 2. The van der Waals surface area contributed by atoms with E-state index in [1.807, 2.05) is 12.1 Å². The van der Waals surface area contributed by atoms with Gasteiger partial charge in [-0.1, -0.05) is 54.9 Å². The first-order valence-electron chi connectivity index (χ1n) is 9.08. The second-order valence-electron chi connectivity index (χ2n) is 6.65. The molecule has 29 heavy (non-hydrogen) atoms. The van der Waals surface area contributed by atoms with Crippen LogP contribution in [-0.4, -0.2) is 31.5 Å². The van der Waals surface area contributed by atoms with Gasteiger partial charge in [0.1, 0.15) is 5.03 Å². The number of methoxy groups -OCH3 is 3. The van der Waals surface area contributed by atoms with Crippen molar-refractivity contribution in [2.45, 2.75) is 19.8 Å². The monoisotopic (exact) mass is 414 g/mol. The molecule has 2 aromatic carbocycles. The highest BCUT2D eigenvalue weighted by molar-refractivity contribution is 6.50. The standard InChI is InChI=1S/C22H23ClN2O4/c1-13(2)15-6-8-16(9-7-15)21-24-22(29-25-21)17(23)10-14-11-18(26-3)20(28-5)19(12-14)27-4/h6-13H,1-5H3/b17-10-. The van der Waals surface area contributed by atoms with Crippen molar-refractivity contribution in [1.29, 1.82) is 0 Å². The summed E-state index contributed by atoms with van der Waals surface area (Å²) in [5.41, 5.74) is 2.85. The first-order valence-corrected chi connectivity index (χ1v) is 9.46. The molecule has 0 amide bonds. The Morgan fingerprint density at radius 1 is 1.00 bits per heavy atom. The number of halogens is 1. The van der Waals surface area contributed by atoms with Crippen LogP contribution in [0, 0.1) is 0 Å². The van der Waals surface area contributed by atoms with Crippen LogP contribution in [0.2, 0.25) is 0 Å². The fraction of sp³-hybridized carbons (Fsp3) is 0.273. The second kappa shape index (κ2) is 9.01. The lowest BCUT2D eigenvalue weighted by Crippen LogP contribution is -1.95. The van der Waals surface area contributed by atoms with Gasteiger partial charge in [0, 0.05) is 5.56 Å². The van der Waals surface area contributed by atoms with Gasteiger partial charge in [-0.25, -0.2) is 0 Å². The average Bonchev–Trinajstić information content (AvgIpc) is 3.23. The van der Waals surface area contributed by atoms with Gasteiger partial charge in [0.05, 0.1) is 21.3 Å². The third-order valence-corrected chi connectivity index (χ3v) is 4.72. The van der Waals surface area contributed by atoms with Crippen molar-refractivity contribution in [1.82, 2.24) is 10.1 Å². The molecule has 0 spiro atoms. The lowest BCUT2D eigenvalue weighted by atomic mass is 10.0. The quantitative estimate of drug-likeness (QED) is 0.499. The van der Waals surface area contributed by atoms with Crippen LogP contribution in [0.1, 0.15) is 36.8 Å². The Morgan fingerprint density at radius 3 is 2.14 bits per heavy atom. The van der Waals surface area contributed by atoms with Gasteiger partial charge in [0.15, 0.2) is 11.5 Å². The first-order chi connectivity index (χ1) is 14.0. The number of ether oxygens (including phenoxy) is 3. The first kappa shape index (κ1) is 20.7. The minimum Gasteiger partial charge on any atom is -0.493 e. The molecule has 0 bridgehead atoms. The Morgan fingerprint density at radius 2 is 1.62 bits per heavy atom. The molecule has 7 heteroatoms. The van der Waals surface area contributed by atoms with Crippen molar-refractivity contribution in [3.63, 3.8) is 0 Å². The van der Waals surface area contributed by atoms with Crippen molar-refractivity contribution in [3.05, 3.63) is 53.4 Å². The predicted octanol–water partition coefficient (Wildman–Crippen LogP) is 5.62. The molecule has 0 saturated heterocycles. The lowest BCUT2D eigenvalue weighted by molar-refractivity contribution is 0.324. The normalized spacial score (nSPS) is 11.6. The van der Waals surface area contributed by atoms with Gasteiger partial charge in [-0.15, -0.1) is 0 Å². The molecule has 0 aliphatic carbocycles. The SMILES string of the molecule is COc1cc(/C=C(\Cl)c2nc(-c3ccc(C(C)C)cc3)no2)cc(OC)c1OC. The van der Waals surface area contributed by atoms with E-state index in [1.165, 1.54) is 5.56 Å². The highest BCUT2D eigenvalue weighted by Crippen LogP contribution is 2.39. The predicted molar refractivity (Wildman–Crippen MR) is 114 cm³/mol. The summed E-state index contributed by atoms with van der Waals surface area (Å²) in [6.45, 7) is 4.30. The third kappa shape index (κ3) is 4.54. The minimum atomic E-state index is 0.225. The summed E-state index contributed by atoms with van der Waals surface area (Å²) in [6.07, 6.45) is 1.70. The Hall–Kier alpha value is -2.99. The van der Waals surface area contributed by atoms with Crippen LogP contribution in [0.5, 0.6) is 17.2 Å². The van der Waals surface area contributed by atoms with Gasteiger partial charge in [-0.2, -0.15) is 4.98 Å². The summed E-state index contributed by atoms with van der Waals surface area (Å²) >= 11 is 6.43. The lowest BCUT2D eigenvalue weighted by Gasteiger charge is -2.12. The molecule has 1 aromatic heterocycles. The Bertz CT molecular complexity index is 985. The van der Waals surface area contributed by atoms with Crippen molar-refractivity contribution < 1.29 is 18.7 Å². The van der Waals surface area contributed by atoms with Gasteiger partial charge in [0.25, 0.3) is 5.89 Å². The number of hydrogen-bond donors (Lipinski definition) is 0. The zero-order chi connectivity index (χ0) is 21.0. The summed E-state index contributed by atoms with van der Waals surface area (Å²) < 4.78 is 21.4. The molecule has 0 saturated carbocycles. The molecular weight excluding hydrogens is 392 g/mol. The van der Waals surface area contributed by atoms with Crippen molar-refractivity contribution >= 4 is 22.7 Å². The topological polar surface area (TPSA) is 66.6 Å². The maximum Gasteiger partial charge on any atom is 0.269 e. The van der Waals surface area contributed by atoms with E-state index in [1.54, 1.807) is 39.5 Å². The van der Waals surface area contributed by atoms with Gasteiger partial charge >= 0.3 is 0 Å². The minimum absolute atomic E-state index is 0.225. The molecule has 152 valence electrons. The highest BCUT2D eigenvalue weighted by Gasteiger charge is 2.15. The van der Waals surface area contributed by atoms with Gasteiger partial charge in [0.2, 0.25) is 11.6 Å². The molecule has 0 N–H and O–H groups in total. The Labute approximate surface area is 175 Å². The number of nitrogens with zero attached hydrogens (tertiary/aromatic N) is 2. The molecular formula is C22H23ClN2O4. The maximum atomic E-state index is 6.43. The van der Waals surface area contributed by atoms with E-state index in [-0.39, 0.29) is 5.89 Å². The molecule has 0 aliphatic heterocycles. The number of aromatic nitrogens is 2. The molecule has 0 fully saturated rings. The molecule has 0 atom stereocenters. The fourth-order valence-electron chi connectivity index (χ4n) is 2.85. The molecule has 6 nitrogen and oxygen atoms in total. The maximum absolute atomic E-state index is 6.43. The van der Waals surface area contributed by atoms with Crippen LogP contribution in [0.15, 0.2) is 40.9 Å². The van der Waals surface area contributed by atoms with Crippen molar-refractivity contribution in [3.8, 4) is 28.6 Å². The van der Waals surface area contributed by atoms with Crippen molar-refractivity contribution in [2.24, 2.45) is 0 Å². The summed E-state index contributed by atoms with van der Waals surface area (Å²) in [6, 6.07) is 11.6.